The van der Waals surface area contributed by atoms with Gasteiger partial charge in [-0.25, -0.2) is 15.0 Å². The van der Waals surface area contributed by atoms with Crippen LogP contribution in [-0.4, -0.2) is 24.1 Å². The standard InChI is InChI=1S/C57H35N5S/c1-4-15-36(16-5-1)55-58-56(37-17-6-2-7-18-37)60-57(59-55)38-27-30-41(31-28-38)61-49-25-12-11-22-44(49)48-35-39(29-34-51(48)61)42-23-14-24-46-47-33-32-45-43-21-10-13-26-50(43)62(40-19-8-3-9-20-40)52(45)54(47)63-53(42)46/h1-35H. The summed E-state index contributed by atoms with van der Waals surface area (Å²) in [5, 5.41) is 7.55. The highest BCUT2D eigenvalue weighted by atomic mass is 32.1. The molecule has 0 aliphatic heterocycles. The Morgan fingerprint density at radius 2 is 0.778 bits per heavy atom. The van der Waals surface area contributed by atoms with Crippen LogP contribution in [0.4, 0.5) is 0 Å². The molecule has 13 rings (SSSR count). The second-order valence-corrected chi connectivity index (χ2v) is 17.0. The second kappa shape index (κ2) is 14.2. The van der Waals surface area contributed by atoms with Crippen molar-refractivity contribution in [3.8, 4) is 56.7 Å². The van der Waals surface area contributed by atoms with Gasteiger partial charge in [-0.2, -0.15) is 0 Å². The molecule has 0 bridgehead atoms. The molecule has 0 atom stereocenters. The number of para-hydroxylation sites is 3. The van der Waals surface area contributed by atoms with E-state index in [4.69, 9.17) is 15.0 Å². The van der Waals surface area contributed by atoms with Gasteiger partial charge in [0.2, 0.25) is 0 Å². The molecule has 0 aliphatic rings. The average molecular weight is 822 g/mol. The van der Waals surface area contributed by atoms with E-state index >= 15 is 0 Å². The molecule has 0 spiro atoms. The van der Waals surface area contributed by atoms with E-state index in [1.54, 1.807) is 0 Å². The first-order chi connectivity index (χ1) is 31.2. The van der Waals surface area contributed by atoms with Crippen LogP contribution in [0.15, 0.2) is 212 Å². The minimum atomic E-state index is 0.638. The summed E-state index contributed by atoms with van der Waals surface area (Å²) in [6.45, 7) is 0. The Balaban J connectivity index is 0.942. The van der Waals surface area contributed by atoms with E-state index in [9.17, 15) is 0 Å². The number of hydrogen-bond donors (Lipinski definition) is 0. The van der Waals surface area contributed by atoms with Gasteiger partial charge in [0.25, 0.3) is 0 Å². The topological polar surface area (TPSA) is 48.5 Å². The lowest BCUT2D eigenvalue weighted by atomic mass is 10.0. The van der Waals surface area contributed by atoms with Crippen LogP contribution in [0.2, 0.25) is 0 Å². The first-order valence-electron chi connectivity index (χ1n) is 21.2. The molecule has 4 aromatic heterocycles. The van der Waals surface area contributed by atoms with Crippen molar-refractivity contribution in [2.45, 2.75) is 0 Å². The van der Waals surface area contributed by atoms with Crippen molar-refractivity contribution < 1.29 is 0 Å². The summed E-state index contributed by atoms with van der Waals surface area (Å²) in [4.78, 5) is 14.8. The molecule has 0 radical (unpaired) electrons. The smallest absolute Gasteiger partial charge is 0.164 e. The molecule has 63 heavy (non-hydrogen) atoms. The maximum atomic E-state index is 4.98. The van der Waals surface area contributed by atoms with Crippen molar-refractivity contribution in [3.63, 3.8) is 0 Å². The monoisotopic (exact) mass is 821 g/mol. The quantitative estimate of drug-likeness (QED) is 0.168. The highest BCUT2D eigenvalue weighted by Gasteiger charge is 2.20. The number of fused-ring (bicyclic) bond motifs is 10. The van der Waals surface area contributed by atoms with Crippen molar-refractivity contribution >= 4 is 75.1 Å². The predicted molar refractivity (Wildman–Crippen MR) is 263 cm³/mol. The van der Waals surface area contributed by atoms with Gasteiger partial charge in [-0.05, 0) is 71.8 Å². The molecule has 0 N–H and O–H groups in total. The van der Waals surface area contributed by atoms with E-state index in [1.807, 2.05) is 72.0 Å². The lowest BCUT2D eigenvalue weighted by Gasteiger charge is -2.11. The lowest BCUT2D eigenvalue weighted by Crippen LogP contribution is -2.00. The molecule has 9 aromatic carbocycles. The lowest BCUT2D eigenvalue weighted by molar-refractivity contribution is 1.07. The van der Waals surface area contributed by atoms with Gasteiger partial charge >= 0.3 is 0 Å². The molecule has 0 unspecified atom stereocenters. The molecule has 0 aliphatic carbocycles. The average Bonchev–Trinajstić information content (AvgIpc) is 4.02. The van der Waals surface area contributed by atoms with Crippen molar-refractivity contribution in [2.75, 3.05) is 0 Å². The van der Waals surface area contributed by atoms with E-state index in [0.29, 0.717) is 17.5 Å². The predicted octanol–water partition coefficient (Wildman–Crippen LogP) is 15.1. The second-order valence-electron chi connectivity index (χ2n) is 16.0. The fourth-order valence-corrected chi connectivity index (χ4v) is 10.9. The fourth-order valence-electron chi connectivity index (χ4n) is 9.49. The van der Waals surface area contributed by atoms with Crippen LogP contribution in [0.1, 0.15) is 0 Å². The number of nitrogens with zero attached hydrogens (tertiary/aromatic N) is 5. The third-order valence-corrected chi connectivity index (χ3v) is 13.6. The van der Waals surface area contributed by atoms with E-state index in [0.717, 1.165) is 33.4 Å². The summed E-state index contributed by atoms with van der Waals surface area (Å²) < 4.78 is 7.42. The number of thiophene rings is 1. The fraction of sp³-hybridized carbons (Fsp3) is 0. The molecule has 0 saturated heterocycles. The van der Waals surface area contributed by atoms with Crippen LogP contribution in [0.3, 0.4) is 0 Å². The van der Waals surface area contributed by atoms with Crippen LogP contribution in [0.5, 0.6) is 0 Å². The maximum absolute atomic E-state index is 4.98. The van der Waals surface area contributed by atoms with Gasteiger partial charge in [0.05, 0.1) is 26.8 Å². The Morgan fingerprint density at radius 1 is 0.302 bits per heavy atom. The highest BCUT2D eigenvalue weighted by Crippen LogP contribution is 2.46. The van der Waals surface area contributed by atoms with Gasteiger partial charge in [-0.1, -0.05) is 152 Å². The molecular formula is C57H35N5S. The molecule has 0 fully saturated rings. The summed E-state index contributed by atoms with van der Waals surface area (Å²) in [7, 11) is 0. The summed E-state index contributed by atoms with van der Waals surface area (Å²) >= 11 is 1.91. The SMILES string of the molecule is c1ccc(-c2nc(-c3ccccc3)nc(-c3ccc(-n4c5ccccc5c5cc(-c6cccc7c6sc6c7ccc7c8ccccc8n(-c8ccccc8)c76)ccc54)cc3)n2)cc1. The number of benzene rings is 9. The van der Waals surface area contributed by atoms with Crippen molar-refractivity contribution in [3.05, 3.63) is 212 Å². The normalized spacial score (nSPS) is 11.8. The third kappa shape index (κ3) is 5.66. The highest BCUT2D eigenvalue weighted by molar-refractivity contribution is 7.27. The van der Waals surface area contributed by atoms with Gasteiger partial charge in [0, 0.05) is 65.1 Å². The van der Waals surface area contributed by atoms with Crippen molar-refractivity contribution in [1.82, 2.24) is 24.1 Å². The van der Waals surface area contributed by atoms with Gasteiger partial charge in [-0.3, -0.25) is 0 Å². The summed E-state index contributed by atoms with van der Waals surface area (Å²) in [5.41, 5.74) is 12.3. The first kappa shape index (κ1) is 35.6. The van der Waals surface area contributed by atoms with E-state index < -0.39 is 0 Å². The van der Waals surface area contributed by atoms with Crippen molar-refractivity contribution in [2.24, 2.45) is 0 Å². The Bertz CT molecular complexity index is 3830. The summed E-state index contributed by atoms with van der Waals surface area (Å²) in [6, 6.07) is 75.5. The Hall–Kier alpha value is -8.19. The molecule has 4 heterocycles. The Morgan fingerprint density at radius 3 is 1.44 bits per heavy atom. The van der Waals surface area contributed by atoms with Crippen LogP contribution in [0, 0.1) is 0 Å². The zero-order valence-electron chi connectivity index (χ0n) is 33.9. The Kier molecular flexibility index (Phi) is 8.01. The first-order valence-corrected chi connectivity index (χ1v) is 22.0. The summed E-state index contributed by atoms with van der Waals surface area (Å²) in [6.07, 6.45) is 0. The van der Waals surface area contributed by atoms with Crippen LogP contribution in [-0.2, 0) is 0 Å². The zero-order valence-corrected chi connectivity index (χ0v) is 34.7. The molecule has 13 aromatic rings. The van der Waals surface area contributed by atoms with Crippen LogP contribution >= 0.6 is 11.3 Å². The van der Waals surface area contributed by atoms with Gasteiger partial charge in [0.15, 0.2) is 17.5 Å². The molecular weight excluding hydrogens is 787 g/mol. The number of rotatable bonds is 6. The van der Waals surface area contributed by atoms with Gasteiger partial charge in [0.1, 0.15) is 0 Å². The van der Waals surface area contributed by atoms with E-state index in [2.05, 4.69) is 161 Å². The van der Waals surface area contributed by atoms with E-state index in [-0.39, 0.29) is 0 Å². The molecule has 294 valence electrons. The van der Waals surface area contributed by atoms with Gasteiger partial charge in [-0.15, -0.1) is 11.3 Å². The van der Waals surface area contributed by atoms with E-state index in [1.165, 1.54) is 69.6 Å². The minimum Gasteiger partial charge on any atom is -0.309 e. The molecule has 6 heteroatoms. The minimum absolute atomic E-state index is 0.638. The van der Waals surface area contributed by atoms with Crippen LogP contribution < -0.4 is 0 Å². The maximum Gasteiger partial charge on any atom is 0.164 e. The zero-order chi connectivity index (χ0) is 41.4. The Labute approximate surface area is 366 Å². The molecule has 5 nitrogen and oxygen atoms in total. The summed E-state index contributed by atoms with van der Waals surface area (Å²) in [5.74, 6) is 1.94. The molecule has 0 saturated carbocycles. The number of hydrogen-bond acceptors (Lipinski definition) is 4. The largest absolute Gasteiger partial charge is 0.309 e. The van der Waals surface area contributed by atoms with Crippen molar-refractivity contribution in [1.29, 1.82) is 0 Å². The number of aromatic nitrogens is 5. The molecule has 0 amide bonds. The third-order valence-electron chi connectivity index (χ3n) is 12.4. The van der Waals surface area contributed by atoms with Crippen LogP contribution in [0.25, 0.3) is 120 Å². The van der Waals surface area contributed by atoms with Gasteiger partial charge < -0.3 is 9.13 Å².